The van der Waals surface area contributed by atoms with Crippen LogP contribution in [0, 0.1) is 6.92 Å². The van der Waals surface area contributed by atoms with E-state index in [4.69, 9.17) is 22.7 Å². The number of rotatable bonds is 4. The van der Waals surface area contributed by atoms with Crippen molar-refractivity contribution in [3.8, 4) is 11.6 Å². The summed E-state index contributed by atoms with van der Waals surface area (Å²) in [5.74, 6) is 1.03. The fourth-order valence-corrected chi connectivity index (χ4v) is 1.84. The molecule has 0 atom stereocenters. The molecule has 0 unspecified atom stereocenters. The zero-order valence-electron chi connectivity index (χ0n) is 10.3. The van der Waals surface area contributed by atoms with E-state index >= 15 is 0 Å². The maximum atomic E-state index is 5.69. The second-order valence-corrected chi connectivity index (χ2v) is 4.25. The number of aryl methyl sites for hydroxylation is 2. The Kier molecular flexibility index (Phi) is 3.57. The minimum absolute atomic E-state index is 0.276. The van der Waals surface area contributed by atoms with Crippen LogP contribution in [-0.2, 0) is 6.54 Å². The van der Waals surface area contributed by atoms with Crippen molar-refractivity contribution < 1.29 is 4.74 Å². The Bertz CT molecular complexity index is 579. The molecule has 18 heavy (non-hydrogen) atoms. The average molecular weight is 262 g/mol. The Balaban J connectivity index is 2.34. The molecule has 94 valence electrons. The van der Waals surface area contributed by atoms with Crippen LogP contribution in [0.5, 0.6) is 11.6 Å². The van der Waals surface area contributed by atoms with Crippen molar-refractivity contribution in [1.82, 2.24) is 14.8 Å². The predicted molar refractivity (Wildman–Crippen MR) is 72.8 cm³/mol. The van der Waals surface area contributed by atoms with Gasteiger partial charge in [0.15, 0.2) is 5.75 Å². The average Bonchev–Trinajstić information content (AvgIpc) is 2.76. The number of nitrogens with two attached hydrogens (primary N) is 1. The number of nitrogens with zero attached hydrogens (tertiary/aromatic N) is 3. The first-order valence-electron chi connectivity index (χ1n) is 5.57. The van der Waals surface area contributed by atoms with Gasteiger partial charge in [0.05, 0.1) is 18.0 Å². The van der Waals surface area contributed by atoms with E-state index in [-0.39, 0.29) is 4.99 Å². The third-order valence-electron chi connectivity index (χ3n) is 2.52. The van der Waals surface area contributed by atoms with Crippen molar-refractivity contribution in [2.75, 3.05) is 0 Å². The molecule has 2 rings (SSSR count). The maximum absolute atomic E-state index is 5.69. The SMILES string of the molecule is CCn1cc(Oc2nccc(C)c2C(N)=S)cn1. The molecule has 0 aliphatic rings. The highest BCUT2D eigenvalue weighted by atomic mass is 32.1. The lowest BCUT2D eigenvalue weighted by molar-refractivity contribution is 0.460. The van der Waals surface area contributed by atoms with Crippen LogP contribution >= 0.6 is 12.2 Å². The molecule has 0 spiro atoms. The number of thiocarbonyl (C=S) groups is 1. The van der Waals surface area contributed by atoms with Crippen LogP contribution in [0.1, 0.15) is 18.1 Å². The van der Waals surface area contributed by atoms with Gasteiger partial charge in [-0.05, 0) is 25.5 Å². The van der Waals surface area contributed by atoms with E-state index in [9.17, 15) is 0 Å². The first-order chi connectivity index (χ1) is 8.61. The second-order valence-electron chi connectivity index (χ2n) is 3.81. The van der Waals surface area contributed by atoms with E-state index in [1.165, 1.54) is 0 Å². The zero-order chi connectivity index (χ0) is 13.1. The zero-order valence-corrected chi connectivity index (χ0v) is 11.1. The van der Waals surface area contributed by atoms with Gasteiger partial charge in [-0.15, -0.1) is 0 Å². The van der Waals surface area contributed by atoms with Gasteiger partial charge in [-0.1, -0.05) is 12.2 Å². The Morgan fingerprint density at radius 1 is 1.56 bits per heavy atom. The summed E-state index contributed by atoms with van der Waals surface area (Å²) in [5, 5.41) is 4.13. The van der Waals surface area contributed by atoms with Crippen LogP contribution < -0.4 is 10.5 Å². The standard InChI is InChI=1S/C12H14N4OS/c1-3-16-7-9(6-15-16)17-12-10(11(13)18)8(2)4-5-14-12/h4-7H,3H2,1-2H3,(H2,13,18). The van der Waals surface area contributed by atoms with Crippen LogP contribution in [-0.4, -0.2) is 19.8 Å². The largest absolute Gasteiger partial charge is 0.435 e. The molecule has 0 aliphatic heterocycles. The van der Waals surface area contributed by atoms with Crippen molar-refractivity contribution in [3.63, 3.8) is 0 Å². The highest BCUT2D eigenvalue weighted by Crippen LogP contribution is 2.24. The molecule has 0 saturated carbocycles. The van der Waals surface area contributed by atoms with Crippen LogP contribution in [0.4, 0.5) is 0 Å². The predicted octanol–water partition coefficient (Wildman–Crippen LogP) is 2.03. The smallest absolute Gasteiger partial charge is 0.229 e. The molecule has 2 aromatic rings. The second kappa shape index (κ2) is 5.14. The Morgan fingerprint density at radius 2 is 2.33 bits per heavy atom. The summed E-state index contributed by atoms with van der Waals surface area (Å²) in [6, 6.07) is 1.84. The normalized spacial score (nSPS) is 10.3. The fraction of sp³-hybridized carbons (Fsp3) is 0.250. The van der Waals surface area contributed by atoms with Crippen LogP contribution in [0.15, 0.2) is 24.7 Å². The van der Waals surface area contributed by atoms with Crippen molar-refractivity contribution in [1.29, 1.82) is 0 Å². The molecule has 5 nitrogen and oxygen atoms in total. The quantitative estimate of drug-likeness (QED) is 0.854. The van der Waals surface area contributed by atoms with E-state index in [0.717, 1.165) is 12.1 Å². The van der Waals surface area contributed by atoms with Gasteiger partial charge in [0.2, 0.25) is 5.88 Å². The minimum Gasteiger partial charge on any atom is -0.435 e. The van der Waals surface area contributed by atoms with Crippen molar-refractivity contribution in [2.24, 2.45) is 5.73 Å². The number of hydrogen-bond acceptors (Lipinski definition) is 4. The summed E-state index contributed by atoms with van der Waals surface area (Å²) >= 11 is 5.02. The van der Waals surface area contributed by atoms with E-state index < -0.39 is 0 Å². The molecule has 0 aliphatic carbocycles. The first kappa shape index (κ1) is 12.5. The van der Waals surface area contributed by atoms with Crippen LogP contribution in [0.2, 0.25) is 0 Å². The van der Waals surface area contributed by atoms with Crippen LogP contribution in [0.3, 0.4) is 0 Å². The molecule has 0 aromatic carbocycles. The summed E-state index contributed by atoms with van der Waals surface area (Å²) in [7, 11) is 0. The monoisotopic (exact) mass is 262 g/mol. The molecule has 0 bridgehead atoms. The summed E-state index contributed by atoms with van der Waals surface area (Å²) in [6.07, 6.45) is 5.10. The van der Waals surface area contributed by atoms with Gasteiger partial charge in [0.1, 0.15) is 4.99 Å². The lowest BCUT2D eigenvalue weighted by atomic mass is 10.1. The van der Waals surface area contributed by atoms with Crippen molar-refractivity contribution in [2.45, 2.75) is 20.4 Å². The van der Waals surface area contributed by atoms with Crippen molar-refractivity contribution in [3.05, 3.63) is 35.8 Å². The first-order valence-corrected chi connectivity index (χ1v) is 5.98. The third-order valence-corrected chi connectivity index (χ3v) is 2.72. The summed E-state index contributed by atoms with van der Waals surface area (Å²) in [6.45, 7) is 4.70. The molecule has 2 aromatic heterocycles. The minimum atomic E-state index is 0.276. The van der Waals surface area contributed by atoms with E-state index in [1.807, 2.05) is 19.9 Å². The summed E-state index contributed by atoms with van der Waals surface area (Å²) < 4.78 is 7.44. The van der Waals surface area contributed by atoms with Gasteiger partial charge >= 0.3 is 0 Å². The third kappa shape index (κ3) is 2.48. The highest BCUT2D eigenvalue weighted by molar-refractivity contribution is 7.80. The molecular formula is C12H14N4OS. The summed E-state index contributed by atoms with van der Waals surface area (Å²) in [4.78, 5) is 4.44. The van der Waals surface area contributed by atoms with Gasteiger partial charge in [-0.25, -0.2) is 4.98 Å². The topological polar surface area (TPSA) is 66.0 Å². The van der Waals surface area contributed by atoms with E-state index in [0.29, 0.717) is 17.2 Å². The van der Waals surface area contributed by atoms with Gasteiger partial charge in [0.25, 0.3) is 0 Å². The van der Waals surface area contributed by atoms with E-state index in [1.54, 1.807) is 23.3 Å². The fourth-order valence-electron chi connectivity index (χ4n) is 1.59. The molecular weight excluding hydrogens is 248 g/mol. The number of aromatic nitrogens is 3. The molecule has 0 saturated heterocycles. The van der Waals surface area contributed by atoms with Gasteiger partial charge in [-0.2, -0.15) is 5.10 Å². The van der Waals surface area contributed by atoms with Crippen LogP contribution in [0.25, 0.3) is 0 Å². The van der Waals surface area contributed by atoms with Gasteiger partial charge in [-0.3, -0.25) is 4.68 Å². The summed E-state index contributed by atoms with van der Waals surface area (Å²) in [5.41, 5.74) is 7.29. The van der Waals surface area contributed by atoms with Crippen molar-refractivity contribution >= 4 is 17.2 Å². The molecule has 0 fully saturated rings. The molecule has 2 N–H and O–H groups in total. The Hall–Kier alpha value is -1.95. The molecule has 0 amide bonds. The van der Waals surface area contributed by atoms with Gasteiger partial charge < -0.3 is 10.5 Å². The lowest BCUT2D eigenvalue weighted by Crippen LogP contribution is -2.13. The van der Waals surface area contributed by atoms with Gasteiger partial charge in [0, 0.05) is 12.7 Å². The highest BCUT2D eigenvalue weighted by Gasteiger charge is 2.12. The number of hydrogen-bond donors (Lipinski definition) is 1. The molecule has 6 heteroatoms. The number of pyridine rings is 1. The Labute approximate surface area is 111 Å². The number of ether oxygens (including phenoxy) is 1. The molecule has 0 radical (unpaired) electrons. The van der Waals surface area contributed by atoms with E-state index in [2.05, 4.69) is 10.1 Å². The maximum Gasteiger partial charge on any atom is 0.229 e. The Morgan fingerprint density at radius 3 is 2.94 bits per heavy atom. The molecule has 2 heterocycles. The lowest BCUT2D eigenvalue weighted by Gasteiger charge is -2.09.